The number of aryl methyl sites for hydroxylation is 3. The minimum atomic E-state index is -4.33. The second-order valence-electron chi connectivity index (χ2n) is 4.77. The highest BCUT2D eigenvalue weighted by atomic mass is 32.1. The van der Waals surface area contributed by atoms with Crippen molar-refractivity contribution >= 4 is 17.1 Å². The van der Waals surface area contributed by atoms with Crippen LogP contribution in [0, 0.1) is 13.8 Å². The molecule has 2 nitrogen and oxygen atoms in total. The maximum Gasteiger partial charge on any atom is 0.416 e. The number of nitrogens with zero attached hydrogens (tertiary/aromatic N) is 1. The van der Waals surface area contributed by atoms with E-state index in [0.29, 0.717) is 11.3 Å². The van der Waals surface area contributed by atoms with Crippen molar-refractivity contribution in [2.24, 2.45) is 0 Å². The van der Waals surface area contributed by atoms with Gasteiger partial charge < -0.3 is 0 Å². The summed E-state index contributed by atoms with van der Waals surface area (Å²) >= 11 is 1.35. The summed E-state index contributed by atoms with van der Waals surface area (Å²) in [6.45, 7) is 3.62. The molecule has 0 amide bonds. The number of carbonyl (C=O) groups excluding carboxylic acids is 1. The first kappa shape index (κ1) is 15.7. The molecule has 0 N–H and O–H groups in total. The van der Waals surface area contributed by atoms with Gasteiger partial charge in [-0.25, -0.2) is 4.98 Å². The zero-order valence-corrected chi connectivity index (χ0v) is 12.4. The molecule has 0 fully saturated rings. The molecule has 0 saturated heterocycles. The number of hydrogen-bond donors (Lipinski definition) is 0. The third-order valence-corrected chi connectivity index (χ3v) is 4.19. The summed E-state index contributed by atoms with van der Waals surface area (Å²) in [4.78, 5) is 16.9. The summed E-state index contributed by atoms with van der Waals surface area (Å²) in [6.07, 6.45) is -3.63. The number of aromatic nitrogens is 1. The van der Waals surface area contributed by atoms with Gasteiger partial charge in [0, 0.05) is 6.42 Å². The Morgan fingerprint density at radius 1 is 1.19 bits per heavy atom. The quantitative estimate of drug-likeness (QED) is 0.773. The molecule has 0 atom stereocenters. The zero-order chi connectivity index (χ0) is 15.6. The van der Waals surface area contributed by atoms with E-state index in [2.05, 4.69) is 4.98 Å². The summed E-state index contributed by atoms with van der Waals surface area (Å²) in [7, 11) is 0. The lowest BCUT2D eigenvalue weighted by molar-refractivity contribution is -0.137. The molecule has 0 aliphatic rings. The molecule has 112 valence electrons. The summed E-state index contributed by atoms with van der Waals surface area (Å²) < 4.78 is 37.3. The van der Waals surface area contributed by atoms with E-state index in [1.807, 2.05) is 6.92 Å². The molecule has 1 aromatic carbocycles. The Hall–Kier alpha value is -1.69. The van der Waals surface area contributed by atoms with Crippen molar-refractivity contribution < 1.29 is 18.0 Å². The standard InChI is InChI=1S/C15H14F3NOS/c1-9-14(21-10(2)19-9)13(20)8-5-11-3-6-12(7-4-11)15(16,17)18/h3-4,6-7H,5,8H2,1-2H3. The lowest BCUT2D eigenvalue weighted by atomic mass is 10.0. The van der Waals surface area contributed by atoms with Gasteiger partial charge in [-0.3, -0.25) is 4.79 Å². The van der Waals surface area contributed by atoms with E-state index < -0.39 is 11.7 Å². The van der Waals surface area contributed by atoms with E-state index in [9.17, 15) is 18.0 Å². The van der Waals surface area contributed by atoms with Gasteiger partial charge in [0.2, 0.25) is 0 Å². The molecule has 0 bridgehead atoms. The fourth-order valence-electron chi connectivity index (χ4n) is 2.02. The summed E-state index contributed by atoms with van der Waals surface area (Å²) in [6, 6.07) is 4.92. The van der Waals surface area contributed by atoms with Gasteiger partial charge in [-0.05, 0) is 38.0 Å². The highest BCUT2D eigenvalue weighted by Gasteiger charge is 2.29. The lowest BCUT2D eigenvalue weighted by Crippen LogP contribution is -2.05. The number of alkyl halides is 3. The van der Waals surface area contributed by atoms with Crippen LogP contribution in [0.15, 0.2) is 24.3 Å². The Morgan fingerprint density at radius 3 is 2.29 bits per heavy atom. The monoisotopic (exact) mass is 313 g/mol. The number of Topliss-reactive ketones (excluding diaryl/α,β-unsaturated/α-hetero) is 1. The van der Waals surface area contributed by atoms with Crippen LogP contribution in [0.3, 0.4) is 0 Å². The molecule has 0 aliphatic carbocycles. The summed E-state index contributed by atoms with van der Waals surface area (Å²) in [5, 5.41) is 0.838. The number of carbonyl (C=O) groups is 1. The molecule has 2 aromatic rings. The number of rotatable bonds is 4. The highest BCUT2D eigenvalue weighted by molar-refractivity contribution is 7.13. The van der Waals surface area contributed by atoms with Gasteiger partial charge in [-0.1, -0.05) is 12.1 Å². The molecule has 1 aromatic heterocycles. The maximum atomic E-state index is 12.4. The number of halogens is 3. The van der Waals surface area contributed by atoms with Crippen molar-refractivity contribution in [2.45, 2.75) is 32.9 Å². The molecular weight excluding hydrogens is 299 g/mol. The van der Waals surface area contributed by atoms with Crippen LogP contribution in [0.4, 0.5) is 13.2 Å². The van der Waals surface area contributed by atoms with Crippen LogP contribution in [0.25, 0.3) is 0 Å². The second-order valence-corrected chi connectivity index (χ2v) is 5.97. The van der Waals surface area contributed by atoms with Gasteiger partial charge >= 0.3 is 6.18 Å². The highest BCUT2D eigenvalue weighted by Crippen LogP contribution is 2.29. The first-order valence-corrected chi connectivity index (χ1v) is 7.22. The van der Waals surface area contributed by atoms with Crippen LogP contribution in [-0.4, -0.2) is 10.8 Å². The van der Waals surface area contributed by atoms with E-state index in [1.54, 1.807) is 6.92 Å². The number of hydrogen-bond acceptors (Lipinski definition) is 3. The third-order valence-electron chi connectivity index (χ3n) is 3.08. The van der Waals surface area contributed by atoms with Crippen LogP contribution >= 0.6 is 11.3 Å². The van der Waals surface area contributed by atoms with Crippen molar-refractivity contribution in [3.05, 3.63) is 51.0 Å². The van der Waals surface area contributed by atoms with E-state index >= 15 is 0 Å². The molecule has 6 heteroatoms. The van der Waals surface area contributed by atoms with Gasteiger partial charge in [0.1, 0.15) is 0 Å². The Balaban J connectivity index is 2.00. The predicted octanol–water partition coefficient (Wildman–Crippen LogP) is 4.59. The molecular formula is C15H14F3NOS. The van der Waals surface area contributed by atoms with Crippen LogP contribution in [0.5, 0.6) is 0 Å². The molecule has 21 heavy (non-hydrogen) atoms. The summed E-state index contributed by atoms with van der Waals surface area (Å²) in [5.41, 5.74) is 0.761. The molecule has 0 aliphatic heterocycles. The number of thiazole rings is 1. The molecule has 0 radical (unpaired) electrons. The second kappa shape index (κ2) is 5.97. The number of ketones is 1. The average Bonchev–Trinajstić information content (AvgIpc) is 2.74. The maximum absolute atomic E-state index is 12.4. The first-order valence-electron chi connectivity index (χ1n) is 6.41. The van der Waals surface area contributed by atoms with E-state index in [-0.39, 0.29) is 12.2 Å². The molecule has 0 saturated carbocycles. The Labute approximate surface area is 124 Å². The van der Waals surface area contributed by atoms with Gasteiger partial charge in [0.15, 0.2) is 5.78 Å². The van der Waals surface area contributed by atoms with Gasteiger partial charge in [-0.15, -0.1) is 11.3 Å². The van der Waals surface area contributed by atoms with Crippen LogP contribution in [-0.2, 0) is 12.6 Å². The van der Waals surface area contributed by atoms with E-state index in [0.717, 1.165) is 28.4 Å². The van der Waals surface area contributed by atoms with Crippen LogP contribution in [0.2, 0.25) is 0 Å². The first-order chi connectivity index (χ1) is 9.77. The fraction of sp³-hybridized carbons (Fsp3) is 0.333. The predicted molar refractivity (Wildman–Crippen MR) is 75.7 cm³/mol. The van der Waals surface area contributed by atoms with Crippen LogP contribution in [0.1, 0.15) is 37.9 Å². The normalized spacial score (nSPS) is 11.7. The van der Waals surface area contributed by atoms with Crippen molar-refractivity contribution in [1.29, 1.82) is 0 Å². The average molecular weight is 313 g/mol. The SMILES string of the molecule is Cc1nc(C)c(C(=O)CCc2ccc(C(F)(F)F)cc2)s1. The molecule has 0 unspecified atom stereocenters. The number of benzene rings is 1. The van der Waals surface area contributed by atoms with E-state index in [4.69, 9.17) is 0 Å². The minimum Gasteiger partial charge on any atom is -0.293 e. The Morgan fingerprint density at radius 2 is 1.81 bits per heavy atom. The van der Waals surface area contributed by atoms with Gasteiger partial charge in [0.25, 0.3) is 0 Å². The molecule has 1 heterocycles. The van der Waals surface area contributed by atoms with Crippen molar-refractivity contribution in [3.8, 4) is 0 Å². The van der Waals surface area contributed by atoms with Crippen LogP contribution < -0.4 is 0 Å². The summed E-state index contributed by atoms with van der Waals surface area (Å²) in [5.74, 6) is -0.0157. The molecule has 0 spiro atoms. The zero-order valence-electron chi connectivity index (χ0n) is 11.6. The van der Waals surface area contributed by atoms with Crippen molar-refractivity contribution in [1.82, 2.24) is 4.98 Å². The molecule has 2 rings (SSSR count). The van der Waals surface area contributed by atoms with Gasteiger partial charge in [-0.2, -0.15) is 13.2 Å². The van der Waals surface area contributed by atoms with Crippen molar-refractivity contribution in [2.75, 3.05) is 0 Å². The Kier molecular flexibility index (Phi) is 4.46. The largest absolute Gasteiger partial charge is 0.416 e. The lowest BCUT2D eigenvalue weighted by Gasteiger charge is -2.07. The minimum absolute atomic E-state index is 0.0157. The van der Waals surface area contributed by atoms with E-state index in [1.165, 1.54) is 23.5 Å². The fourth-order valence-corrected chi connectivity index (χ4v) is 2.91. The topological polar surface area (TPSA) is 30.0 Å². The van der Waals surface area contributed by atoms with Crippen molar-refractivity contribution in [3.63, 3.8) is 0 Å². The van der Waals surface area contributed by atoms with Gasteiger partial charge in [0.05, 0.1) is 21.1 Å². The third kappa shape index (κ3) is 3.91. The Bertz CT molecular complexity index is 644. The smallest absolute Gasteiger partial charge is 0.293 e.